The molecule has 0 aliphatic heterocycles. The smallest absolute Gasteiger partial charge is 0.139 e. The van der Waals surface area contributed by atoms with Crippen LogP contribution in [0.4, 0.5) is 0 Å². The van der Waals surface area contributed by atoms with Crippen molar-refractivity contribution in [3.05, 3.63) is 139 Å². The highest BCUT2D eigenvalue weighted by atomic mass is 14.7. The van der Waals surface area contributed by atoms with Gasteiger partial charge < -0.3 is 0 Å². The van der Waals surface area contributed by atoms with Gasteiger partial charge in [0, 0.05) is 32.7 Å². The third-order valence-electron chi connectivity index (χ3n) is 8.82. The van der Waals surface area contributed by atoms with E-state index in [1.54, 1.807) is 0 Å². The lowest BCUT2D eigenvalue weighted by Gasteiger charge is -2.21. The molecule has 0 saturated heterocycles. The van der Waals surface area contributed by atoms with Gasteiger partial charge in [-0.15, -0.1) is 0 Å². The molecule has 0 atom stereocenters. The van der Waals surface area contributed by atoms with Gasteiger partial charge in [-0.25, -0.2) is 9.97 Å². The van der Waals surface area contributed by atoms with Gasteiger partial charge in [-0.3, -0.25) is 0 Å². The summed E-state index contributed by atoms with van der Waals surface area (Å²) in [7, 11) is 2.14. The number of pyridine rings is 2. The Balaban J connectivity index is 1.59. The van der Waals surface area contributed by atoms with Crippen LogP contribution in [0, 0.1) is 13.8 Å². The quantitative estimate of drug-likeness (QED) is 0.125. The van der Waals surface area contributed by atoms with Crippen molar-refractivity contribution in [2.75, 3.05) is 0 Å². The minimum absolute atomic E-state index is 1.00. The normalized spacial score (nSPS) is 11.6. The molecule has 0 unspecified atom stereocenters. The Bertz CT molecular complexity index is 2360. The predicted molar refractivity (Wildman–Crippen MR) is 186 cm³/mol. The molecule has 0 fully saturated rings. The summed E-state index contributed by atoms with van der Waals surface area (Å²) in [5.41, 5.74) is 12.4. The molecule has 3 heteroatoms. The van der Waals surface area contributed by atoms with Crippen molar-refractivity contribution in [1.82, 2.24) is 9.97 Å². The Morgan fingerprint density at radius 2 is 0.930 bits per heavy atom. The summed E-state index contributed by atoms with van der Waals surface area (Å²) >= 11 is 0. The van der Waals surface area contributed by atoms with E-state index >= 15 is 0 Å². The molecule has 0 N–H and O–H groups in total. The van der Waals surface area contributed by atoms with Crippen molar-refractivity contribution in [1.29, 1.82) is 0 Å². The predicted octanol–water partition coefficient (Wildman–Crippen LogP) is 8.97. The molecule has 0 aliphatic carbocycles. The van der Waals surface area contributed by atoms with Gasteiger partial charge in [0.05, 0.1) is 22.4 Å². The highest BCUT2D eigenvalue weighted by molar-refractivity contribution is 6.32. The summed E-state index contributed by atoms with van der Waals surface area (Å²) < 4.78 is 0. The van der Waals surface area contributed by atoms with Crippen molar-refractivity contribution < 1.29 is 0 Å². The number of benzene rings is 6. The van der Waals surface area contributed by atoms with Gasteiger partial charge in [0.15, 0.2) is 0 Å². The van der Waals surface area contributed by atoms with Gasteiger partial charge in [0.2, 0.25) is 0 Å². The largest absolute Gasteiger partial charge is 0.247 e. The molecule has 202 valence electrons. The first-order valence-electron chi connectivity index (χ1n) is 14.9. The van der Waals surface area contributed by atoms with Crippen molar-refractivity contribution >= 4 is 56.7 Å². The molecule has 43 heavy (non-hydrogen) atoms. The number of aromatic nitrogens is 2. The van der Waals surface area contributed by atoms with Crippen LogP contribution in [0.1, 0.15) is 11.1 Å². The third-order valence-corrected chi connectivity index (χ3v) is 8.82. The molecular weight excluding hydrogens is 519 g/mol. The highest BCUT2D eigenvalue weighted by Gasteiger charge is 2.22. The lowest BCUT2D eigenvalue weighted by atomic mass is 9.85. The zero-order chi connectivity index (χ0) is 29.1. The molecular formula is C40H29BN2. The minimum Gasteiger partial charge on any atom is -0.247 e. The van der Waals surface area contributed by atoms with Gasteiger partial charge in [0.25, 0.3) is 0 Å². The number of fused-ring (bicyclic) bond motifs is 6. The van der Waals surface area contributed by atoms with Gasteiger partial charge in [0.1, 0.15) is 7.85 Å². The highest BCUT2D eigenvalue weighted by Crippen LogP contribution is 2.45. The molecule has 0 amide bonds. The van der Waals surface area contributed by atoms with Crippen LogP contribution in [0.25, 0.3) is 77.0 Å². The number of nitrogens with zero attached hydrogens (tertiary/aromatic N) is 2. The van der Waals surface area contributed by atoms with E-state index < -0.39 is 0 Å². The second-order valence-electron chi connectivity index (χ2n) is 11.5. The maximum Gasteiger partial charge on any atom is 0.139 e. The van der Waals surface area contributed by atoms with Gasteiger partial charge in [-0.2, -0.15) is 0 Å². The fourth-order valence-corrected chi connectivity index (χ4v) is 6.85. The van der Waals surface area contributed by atoms with Crippen molar-refractivity contribution in [3.63, 3.8) is 0 Å². The van der Waals surface area contributed by atoms with Crippen LogP contribution >= 0.6 is 0 Å². The first-order chi connectivity index (χ1) is 21.1. The van der Waals surface area contributed by atoms with Crippen LogP contribution < -0.4 is 5.46 Å². The first-order valence-corrected chi connectivity index (χ1v) is 14.9. The van der Waals surface area contributed by atoms with E-state index in [9.17, 15) is 0 Å². The monoisotopic (exact) mass is 548 g/mol. The van der Waals surface area contributed by atoms with E-state index in [-0.39, 0.29) is 0 Å². The van der Waals surface area contributed by atoms with Gasteiger partial charge in [-0.05, 0) is 59.0 Å². The maximum absolute atomic E-state index is 5.44. The molecule has 2 aromatic heterocycles. The molecule has 2 heterocycles. The molecule has 0 saturated carbocycles. The lowest BCUT2D eigenvalue weighted by Crippen LogP contribution is -2.01. The Morgan fingerprint density at radius 1 is 0.419 bits per heavy atom. The zero-order valence-electron chi connectivity index (χ0n) is 24.5. The summed E-state index contributed by atoms with van der Waals surface area (Å²) in [5, 5.41) is 7.27. The van der Waals surface area contributed by atoms with Crippen LogP contribution in [-0.2, 0) is 0 Å². The SMILES string of the molecule is Bc1cccc(-c2ccc3c(c2)nc(-c2ccccc2)c2c(C)c4c(c(-c5ccccc5)nc5ccccc54)c(C)c23)c1. The summed E-state index contributed by atoms with van der Waals surface area (Å²) in [4.78, 5) is 10.7. The topological polar surface area (TPSA) is 25.8 Å². The van der Waals surface area contributed by atoms with Crippen LogP contribution in [-0.4, -0.2) is 17.8 Å². The summed E-state index contributed by atoms with van der Waals surface area (Å²) in [6, 6.07) is 45.2. The first kappa shape index (κ1) is 25.4. The van der Waals surface area contributed by atoms with Crippen molar-refractivity contribution in [3.8, 4) is 33.6 Å². The second kappa shape index (κ2) is 9.92. The van der Waals surface area contributed by atoms with E-state index in [1.807, 2.05) is 0 Å². The Hall–Kier alpha value is -5.28. The van der Waals surface area contributed by atoms with Crippen LogP contribution in [0.3, 0.4) is 0 Å². The Kier molecular flexibility index (Phi) is 5.87. The standard InChI is InChI=1S/C40H29BN2/c1-24-35-31-18-9-10-19-33(31)42-39(26-12-5-3-6-13-26)37(35)25(2)36-32-21-20-29(28-16-11-17-30(41)22-28)23-34(32)43-40(38(24)36)27-14-7-4-8-15-27/h3-23H,41H2,1-2H3. The van der Waals surface area contributed by atoms with Gasteiger partial charge in [-0.1, -0.05) is 121 Å². The van der Waals surface area contributed by atoms with E-state index in [0.717, 1.165) is 33.5 Å². The number of hydrogen-bond donors (Lipinski definition) is 0. The molecule has 8 rings (SSSR count). The van der Waals surface area contributed by atoms with Crippen LogP contribution in [0.5, 0.6) is 0 Å². The van der Waals surface area contributed by atoms with Crippen LogP contribution in [0.15, 0.2) is 127 Å². The second-order valence-corrected chi connectivity index (χ2v) is 11.5. The number of para-hydroxylation sites is 1. The van der Waals surface area contributed by atoms with Crippen molar-refractivity contribution in [2.45, 2.75) is 13.8 Å². The van der Waals surface area contributed by atoms with Gasteiger partial charge >= 0.3 is 0 Å². The molecule has 8 aromatic rings. The fraction of sp³-hybridized carbons (Fsp3) is 0.0500. The number of rotatable bonds is 3. The molecule has 0 aliphatic rings. The zero-order valence-corrected chi connectivity index (χ0v) is 24.5. The summed E-state index contributed by atoms with van der Waals surface area (Å²) in [6.45, 7) is 4.54. The van der Waals surface area contributed by atoms with E-state index in [1.165, 1.54) is 60.0 Å². The van der Waals surface area contributed by atoms with E-state index in [4.69, 9.17) is 9.97 Å². The molecule has 2 nitrogen and oxygen atoms in total. The van der Waals surface area contributed by atoms with Crippen LogP contribution in [0.2, 0.25) is 0 Å². The third kappa shape index (κ3) is 4.04. The molecule has 0 radical (unpaired) electrons. The average molecular weight is 548 g/mol. The lowest BCUT2D eigenvalue weighted by molar-refractivity contribution is 1.39. The summed E-state index contributed by atoms with van der Waals surface area (Å²) in [6.07, 6.45) is 0. The molecule has 0 bridgehead atoms. The Labute approximate surface area is 252 Å². The minimum atomic E-state index is 1.00. The van der Waals surface area contributed by atoms with Crippen molar-refractivity contribution in [2.24, 2.45) is 0 Å². The number of aryl methyl sites for hydroxylation is 2. The van der Waals surface area contributed by atoms with E-state index in [0.29, 0.717) is 0 Å². The average Bonchev–Trinajstić information content (AvgIpc) is 3.06. The maximum atomic E-state index is 5.44. The Morgan fingerprint density at radius 3 is 1.56 bits per heavy atom. The molecule has 0 spiro atoms. The number of hydrogen-bond acceptors (Lipinski definition) is 2. The summed E-state index contributed by atoms with van der Waals surface area (Å²) in [5.74, 6) is 0. The molecule has 6 aromatic carbocycles. The van der Waals surface area contributed by atoms with E-state index in [2.05, 4.69) is 149 Å². The fourth-order valence-electron chi connectivity index (χ4n) is 6.85.